The second-order valence-electron chi connectivity index (χ2n) is 6.33. The van der Waals surface area contributed by atoms with E-state index in [2.05, 4.69) is 35.1 Å². The maximum Gasteiger partial charge on any atom is 0.228 e. The van der Waals surface area contributed by atoms with Crippen molar-refractivity contribution in [2.45, 2.75) is 39.5 Å². The summed E-state index contributed by atoms with van der Waals surface area (Å²) in [5.74, 6) is 0.0970. The van der Waals surface area contributed by atoms with Gasteiger partial charge in [0, 0.05) is 16.0 Å². The lowest BCUT2D eigenvalue weighted by Crippen LogP contribution is -2.37. The van der Waals surface area contributed by atoms with Crippen molar-refractivity contribution >= 4 is 44.7 Å². The number of thiocarbonyl (C=S) groups is 1. The molecule has 21 heavy (non-hydrogen) atoms. The Morgan fingerprint density at radius 2 is 2.14 bits per heavy atom. The second-order valence-corrected chi connectivity index (χ2v) is 7.69. The predicted octanol–water partition coefficient (Wildman–Crippen LogP) is 4.24. The number of benzene rings is 1. The molecule has 0 heterocycles. The molecule has 0 bridgehead atoms. The van der Waals surface area contributed by atoms with Gasteiger partial charge in [-0.25, -0.2) is 0 Å². The molecule has 2 rings (SSSR count). The molecule has 1 amide bonds. The Morgan fingerprint density at radius 1 is 1.43 bits per heavy atom. The molecule has 0 spiro atoms. The van der Waals surface area contributed by atoms with Crippen LogP contribution in [0.1, 0.15) is 45.1 Å². The highest BCUT2D eigenvalue weighted by atomic mass is 79.9. The van der Waals surface area contributed by atoms with E-state index in [9.17, 15) is 4.79 Å². The number of halogens is 1. The molecule has 1 saturated carbocycles. The van der Waals surface area contributed by atoms with Crippen molar-refractivity contribution < 1.29 is 4.79 Å². The summed E-state index contributed by atoms with van der Waals surface area (Å²) in [5.41, 5.74) is 7.16. The number of carbonyl (C=O) groups excluding carboxylic acids is 1. The number of amides is 1. The summed E-state index contributed by atoms with van der Waals surface area (Å²) < 4.78 is 0.890. The lowest BCUT2D eigenvalue weighted by Gasteiger charge is -2.37. The van der Waals surface area contributed by atoms with Crippen molar-refractivity contribution in [1.82, 2.24) is 0 Å². The third-order valence-corrected chi connectivity index (χ3v) is 5.04. The van der Waals surface area contributed by atoms with Crippen LogP contribution in [0.5, 0.6) is 0 Å². The van der Waals surface area contributed by atoms with Crippen LogP contribution in [0.2, 0.25) is 0 Å². The largest absolute Gasteiger partial charge is 0.389 e. The predicted molar refractivity (Wildman–Crippen MR) is 94.4 cm³/mol. The maximum absolute atomic E-state index is 12.7. The van der Waals surface area contributed by atoms with Crippen LogP contribution in [0.15, 0.2) is 22.7 Å². The van der Waals surface area contributed by atoms with Gasteiger partial charge < -0.3 is 11.1 Å². The molecule has 114 valence electrons. The van der Waals surface area contributed by atoms with E-state index in [1.807, 2.05) is 18.2 Å². The fraction of sp³-hybridized carbons (Fsp3) is 0.500. The molecule has 5 heteroatoms. The van der Waals surface area contributed by atoms with Gasteiger partial charge in [0.2, 0.25) is 5.91 Å². The molecule has 1 aliphatic carbocycles. The van der Waals surface area contributed by atoms with Gasteiger partial charge in [-0.05, 0) is 36.5 Å². The molecule has 0 aromatic heterocycles. The third-order valence-electron chi connectivity index (χ3n) is 4.33. The molecule has 3 N–H and O–H groups in total. The number of carbonyl (C=O) groups is 1. The van der Waals surface area contributed by atoms with E-state index < -0.39 is 0 Å². The molecule has 1 fully saturated rings. The van der Waals surface area contributed by atoms with E-state index in [4.69, 9.17) is 18.0 Å². The van der Waals surface area contributed by atoms with Gasteiger partial charge in [0.05, 0.1) is 5.69 Å². The molecule has 1 aliphatic rings. The van der Waals surface area contributed by atoms with Crippen LogP contribution < -0.4 is 11.1 Å². The quantitative estimate of drug-likeness (QED) is 0.784. The SMILES string of the molecule is CC1(C)CCCCC1C(=O)Nc1cc(Br)ccc1C(N)=S. The Kier molecular flexibility index (Phi) is 5.04. The van der Waals surface area contributed by atoms with Crippen molar-refractivity contribution in [3.05, 3.63) is 28.2 Å². The van der Waals surface area contributed by atoms with E-state index in [0.717, 1.165) is 23.7 Å². The summed E-state index contributed by atoms with van der Waals surface area (Å²) in [6.07, 6.45) is 4.34. The minimum atomic E-state index is 0.0319. The van der Waals surface area contributed by atoms with Crippen LogP contribution in [0.3, 0.4) is 0 Å². The fourth-order valence-electron chi connectivity index (χ4n) is 3.03. The van der Waals surface area contributed by atoms with E-state index in [1.54, 1.807) is 0 Å². The van der Waals surface area contributed by atoms with Crippen LogP contribution in [0.4, 0.5) is 5.69 Å². The Bertz CT molecular complexity index is 571. The van der Waals surface area contributed by atoms with Crippen LogP contribution in [-0.2, 0) is 4.79 Å². The van der Waals surface area contributed by atoms with Crippen LogP contribution in [0.25, 0.3) is 0 Å². The highest BCUT2D eigenvalue weighted by Gasteiger charge is 2.37. The summed E-state index contributed by atoms with van der Waals surface area (Å²) in [4.78, 5) is 13.0. The highest BCUT2D eigenvalue weighted by Crippen LogP contribution is 2.41. The summed E-state index contributed by atoms with van der Waals surface area (Å²) in [6.45, 7) is 4.34. The van der Waals surface area contributed by atoms with Gasteiger partial charge >= 0.3 is 0 Å². The van der Waals surface area contributed by atoms with Gasteiger partial charge in [-0.15, -0.1) is 0 Å². The molecule has 0 radical (unpaired) electrons. The Labute approximate surface area is 139 Å². The van der Waals surface area contributed by atoms with E-state index >= 15 is 0 Å². The Balaban J connectivity index is 2.23. The molecule has 1 aromatic carbocycles. The summed E-state index contributed by atoms with van der Waals surface area (Å²) in [6, 6.07) is 5.55. The minimum absolute atomic E-state index is 0.0319. The smallest absolute Gasteiger partial charge is 0.228 e. The number of hydrogen-bond acceptors (Lipinski definition) is 2. The van der Waals surface area contributed by atoms with E-state index in [0.29, 0.717) is 16.2 Å². The molecule has 1 aromatic rings. The highest BCUT2D eigenvalue weighted by molar-refractivity contribution is 9.10. The molecule has 3 nitrogen and oxygen atoms in total. The first-order valence-corrected chi connectivity index (χ1v) is 8.41. The Hall–Kier alpha value is -0.940. The molecule has 1 atom stereocenters. The molecule has 0 aliphatic heterocycles. The lowest BCUT2D eigenvalue weighted by molar-refractivity contribution is -0.124. The lowest BCUT2D eigenvalue weighted by atomic mass is 9.68. The third kappa shape index (κ3) is 3.83. The zero-order valence-electron chi connectivity index (χ0n) is 12.4. The molecule has 1 unspecified atom stereocenters. The molecular weight excluding hydrogens is 348 g/mol. The van der Waals surface area contributed by atoms with Crippen LogP contribution in [-0.4, -0.2) is 10.9 Å². The van der Waals surface area contributed by atoms with E-state index in [-0.39, 0.29) is 17.2 Å². The summed E-state index contributed by atoms with van der Waals surface area (Å²) in [5, 5.41) is 3.02. The average Bonchev–Trinajstić information content (AvgIpc) is 2.37. The summed E-state index contributed by atoms with van der Waals surface area (Å²) >= 11 is 8.48. The fourth-order valence-corrected chi connectivity index (χ4v) is 3.57. The van der Waals surface area contributed by atoms with Gasteiger partial charge in [0.15, 0.2) is 0 Å². The van der Waals surface area contributed by atoms with E-state index in [1.165, 1.54) is 6.42 Å². The zero-order valence-corrected chi connectivity index (χ0v) is 14.8. The van der Waals surface area contributed by atoms with Gasteiger partial charge in [-0.2, -0.15) is 0 Å². The van der Waals surface area contributed by atoms with Crippen LogP contribution in [0, 0.1) is 11.3 Å². The molecule has 0 saturated heterocycles. The van der Waals surface area contributed by atoms with Crippen molar-refractivity contribution in [2.24, 2.45) is 17.1 Å². The van der Waals surface area contributed by atoms with Crippen molar-refractivity contribution in [1.29, 1.82) is 0 Å². The number of rotatable bonds is 3. The minimum Gasteiger partial charge on any atom is -0.389 e. The normalized spacial score (nSPS) is 20.8. The second kappa shape index (κ2) is 6.44. The monoisotopic (exact) mass is 368 g/mol. The van der Waals surface area contributed by atoms with Crippen LogP contribution >= 0.6 is 28.1 Å². The average molecular weight is 369 g/mol. The number of nitrogens with one attached hydrogen (secondary N) is 1. The van der Waals surface area contributed by atoms with Crippen molar-refractivity contribution in [3.8, 4) is 0 Å². The summed E-state index contributed by atoms with van der Waals surface area (Å²) in [7, 11) is 0. The number of nitrogens with two attached hydrogens (primary N) is 1. The number of hydrogen-bond donors (Lipinski definition) is 2. The standard InChI is InChI=1S/C16H21BrN2OS/c1-16(2)8-4-3-5-12(16)15(20)19-13-9-10(17)6-7-11(13)14(18)21/h6-7,9,12H,3-5,8H2,1-2H3,(H2,18,21)(H,19,20). The number of anilines is 1. The topological polar surface area (TPSA) is 55.1 Å². The van der Waals surface area contributed by atoms with Gasteiger partial charge in [-0.1, -0.05) is 54.8 Å². The first kappa shape index (κ1) is 16.4. The maximum atomic E-state index is 12.7. The van der Waals surface area contributed by atoms with Gasteiger partial charge in [-0.3, -0.25) is 4.79 Å². The van der Waals surface area contributed by atoms with Gasteiger partial charge in [0.25, 0.3) is 0 Å². The van der Waals surface area contributed by atoms with Crippen molar-refractivity contribution in [3.63, 3.8) is 0 Å². The van der Waals surface area contributed by atoms with Crippen molar-refractivity contribution in [2.75, 3.05) is 5.32 Å². The zero-order chi connectivity index (χ0) is 15.6. The molecular formula is C16H21BrN2OS. The first-order valence-electron chi connectivity index (χ1n) is 7.21. The first-order chi connectivity index (χ1) is 9.81. The Morgan fingerprint density at radius 3 is 2.76 bits per heavy atom. The van der Waals surface area contributed by atoms with Gasteiger partial charge in [0.1, 0.15) is 4.99 Å².